The predicted molar refractivity (Wildman–Crippen MR) is 58.3 cm³/mol. The van der Waals surface area contributed by atoms with Crippen molar-refractivity contribution in [2.24, 2.45) is 5.10 Å². The monoisotopic (exact) mass is 206 g/mol. The summed E-state index contributed by atoms with van der Waals surface area (Å²) < 4.78 is 1.82. The summed E-state index contributed by atoms with van der Waals surface area (Å²) in [6.07, 6.45) is 3.77. The van der Waals surface area contributed by atoms with Crippen LogP contribution in [0.2, 0.25) is 0 Å². The summed E-state index contributed by atoms with van der Waals surface area (Å²) in [5.74, 6) is -0.119. The largest absolute Gasteiger partial charge is 0.305 e. The van der Waals surface area contributed by atoms with Gasteiger partial charge in [-0.1, -0.05) is 0 Å². The molecule has 0 unspecified atom stereocenters. The van der Waals surface area contributed by atoms with E-state index in [4.69, 9.17) is 0 Å². The maximum Gasteiger partial charge on any atom is 0.305 e. The highest BCUT2D eigenvalue weighted by molar-refractivity contribution is 5.81. The van der Waals surface area contributed by atoms with E-state index in [1.54, 1.807) is 0 Å². The molecule has 15 heavy (non-hydrogen) atoms. The van der Waals surface area contributed by atoms with E-state index < -0.39 is 0 Å². The Bertz CT molecular complexity index is 381. The van der Waals surface area contributed by atoms with Crippen LogP contribution < -0.4 is 9.99 Å². The molecule has 0 aromatic carbocycles. The van der Waals surface area contributed by atoms with Gasteiger partial charge in [0, 0.05) is 17.3 Å². The molecule has 1 amide bonds. The van der Waals surface area contributed by atoms with Gasteiger partial charge < -0.3 is 0 Å². The van der Waals surface area contributed by atoms with Crippen molar-refractivity contribution in [2.45, 2.75) is 27.3 Å². The average Bonchev–Trinajstić information content (AvgIpc) is 2.15. The average molecular weight is 206 g/mol. The molecule has 0 fully saturated rings. The van der Waals surface area contributed by atoms with Crippen LogP contribution in [-0.2, 0) is 11.3 Å². The number of amides is 1. The number of aromatic nitrogens is 1. The fourth-order valence-electron chi connectivity index (χ4n) is 1.13. The van der Waals surface area contributed by atoms with E-state index in [1.165, 1.54) is 0 Å². The molecular weight excluding hydrogens is 190 g/mol. The second-order valence-electron chi connectivity index (χ2n) is 3.65. The number of hydrogen-bond donors (Lipinski definition) is 1. The van der Waals surface area contributed by atoms with E-state index in [0.717, 1.165) is 11.3 Å². The van der Waals surface area contributed by atoms with Crippen LogP contribution in [-0.4, -0.2) is 11.6 Å². The summed E-state index contributed by atoms with van der Waals surface area (Å²) in [5, 5.41) is 3.85. The first kappa shape index (κ1) is 11.4. The van der Waals surface area contributed by atoms with Crippen LogP contribution in [0.5, 0.6) is 0 Å². The zero-order chi connectivity index (χ0) is 11.3. The summed E-state index contributed by atoms with van der Waals surface area (Å²) >= 11 is 0. The number of carbonyl (C=O) groups is 1. The third kappa shape index (κ3) is 4.35. The van der Waals surface area contributed by atoms with E-state index in [0.29, 0.717) is 6.54 Å². The molecule has 0 saturated carbocycles. The van der Waals surface area contributed by atoms with Gasteiger partial charge in [-0.3, -0.25) is 4.79 Å². The van der Waals surface area contributed by atoms with Gasteiger partial charge in [-0.05, 0) is 26.8 Å². The van der Waals surface area contributed by atoms with Gasteiger partial charge in [-0.25, -0.2) is 5.43 Å². The summed E-state index contributed by atoms with van der Waals surface area (Å²) in [4.78, 5) is 11.4. The molecule has 4 nitrogen and oxygen atoms in total. The number of hydrogen-bond acceptors (Lipinski definition) is 2. The minimum Gasteiger partial charge on any atom is -0.266 e. The Morgan fingerprint density at radius 1 is 1.53 bits per heavy atom. The quantitative estimate of drug-likeness (QED) is 0.443. The van der Waals surface area contributed by atoms with Crippen LogP contribution in [0.1, 0.15) is 19.4 Å². The highest BCUT2D eigenvalue weighted by Gasteiger charge is 2.07. The molecule has 1 N–H and O–H groups in total. The Morgan fingerprint density at radius 3 is 2.87 bits per heavy atom. The van der Waals surface area contributed by atoms with E-state index >= 15 is 0 Å². The zero-order valence-electron chi connectivity index (χ0n) is 9.32. The first-order chi connectivity index (χ1) is 7.08. The number of carbonyl (C=O) groups excluding carboxylic acids is 1. The number of pyridine rings is 1. The molecule has 1 aromatic rings. The molecule has 1 heterocycles. The summed E-state index contributed by atoms with van der Waals surface area (Å²) in [6.45, 7) is 5.95. The lowest BCUT2D eigenvalue weighted by molar-refractivity contribution is -0.684. The number of nitrogens with one attached hydrogen (secondary N) is 1. The van der Waals surface area contributed by atoms with Crippen LogP contribution in [0.25, 0.3) is 0 Å². The van der Waals surface area contributed by atoms with Gasteiger partial charge in [-0.15, -0.1) is 0 Å². The van der Waals surface area contributed by atoms with Crippen molar-refractivity contribution in [2.75, 3.05) is 0 Å². The van der Waals surface area contributed by atoms with Gasteiger partial charge in [0.25, 0.3) is 0 Å². The minimum atomic E-state index is -0.119. The lowest BCUT2D eigenvalue weighted by atomic mass is 10.3. The number of nitrogens with zero attached hydrogens (tertiary/aromatic N) is 2. The molecular formula is C11H16N3O+. The SMILES string of the molecule is CC(C)=NNC(=O)C[n+]1cccc(C)c1. The van der Waals surface area contributed by atoms with E-state index in [-0.39, 0.29) is 5.91 Å². The standard InChI is InChI=1S/C11H15N3O/c1-9(2)12-13-11(15)8-14-6-4-5-10(3)7-14/h4-7H,8H2,1-3H3/p+1. The number of hydrazone groups is 1. The smallest absolute Gasteiger partial charge is 0.266 e. The van der Waals surface area contributed by atoms with Gasteiger partial charge in [0.1, 0.15) is 0 Å². The van der Waals surface area contributed by atoms with Crippen LogP contribution in [0.3, 0.4) is 0 Å². The maximum atomic E-state index is 11.4. The molecule has 4 heteroatoms. The molecule has 0 bridgehead atoms. The molecule has 0 spiro atoms. The summed E-state index contributed by atoms with van der Waals surface area (Å²) in [5.41, 5.74) is 4.43. The van der Waals surface area contributed by atoms with Crippen LogP contribution in [0, 0.1) is 6.92 Å². The second-order valence-corrected chi connectivity index (χ2v) is 3.65. The van der Waals surface area contributed by atoms with Crippen molar-refractivity contribution in [3.05, 3.63) is 30.1 Å². The lowest BCUT2D eigenvalue weighted by Gasteiger charge is -1.97. The van der Waals surface area contributed by atoms with Gasteiger partial charge in [0.15, 0.2) is 12.4 Å². The van der Waals surface area contributed by atoms with E-state index in [1.807, 2.05) is 49.9 Å². The number of aryl methyl sites for hydroxylation is 1. The molecule has 0 radical (unpaired) electrons. The molecule has 0 atom stereocenters. The van der Waals surface area contributed by atoms with Gasteiger partial charge >= 0.3 is 5.91 Å². The highest BCUT2D eigenvalue weighted by Crippen LogP contribution is 1.88. The lowest BCUT2D eigenvalue weighted by Crippen LogP contribution is -2.41. The van der Waals surface area contributed by atoms with Crippen molar-refractivity contribution in [3.8, 4) is 0 Å². The third-order valence-corrected chi connectivity index (χ3v) is 1.74. The Kier molecular flexibility index (Phi) is 3.97. The van der Waals surface area contributed by atoms with Crippen LogP contribution in [0.4, 0.5) is 0 Å². The zero-order valence-corrected chi connectivity index (χ0v) is 9.32. The van der Waals surface area contributed by atoms with Crippen molar-refractivity contribution in [1.29, 1.82) is 0 Å². The van der Waals surface area contributed by atoms with Gasteiger partial charge in [0.2, 0.25) is 6.54 Å². The Hall–Kier alpha value is -1.71. The third-order valence-electron chi connectivity index (χ3n) is 1.74. The van der Waals surface area contributed by atoms with Gasteiger partial charge in [-0.2, -0.15) is 9.67 Å². The topological polar surface area (TPSA) is 45.3 Å². The predicted octanol–water partition coefficient (Wildman–Crippen LogP) is 0.795. The molecule has 80 valence electrons. The number of rotatable bonds is 3. The molecule has 1 aromatic heterocycles. The molecule has 1 rings (SSSR count). The summed E-state index contributed by atoms with van der Waals surface area (Å²) in [7, 11) is 0. The van der Waals surface area contributed by atoms with E-state index in [2.05, 4.69) is 10.5 Å². The van der Waals surface area contributed by atoms with Crippen molar-refractivity contribution in [1.82, 2.24) is 5.43 Å². The molecule has 0 aliphatic carbocycles. The second kappa shape index (κ2) is 5.24. The Morgan fingerprint density at radius 2 is 2.27 bits per heavy atom. The molecule has 0 aliphatic heterocycles. The van der Waals surface area contributed by atoms with Crippen molar-refractivity contribution in [3.63, 3.8) is 0 Å². The summed E-state index contributed by atoms with van der Waals surface area (Å²) in [6, 6.07) is 3.90. The molecule has 0 saturated heterocycles. The van der Waals surface area contributed by atoms with Crippen LogP contribution >= 0.6 is 0 Å². The fraction of sp³-hybridized carbons (Fsp3) is 0.364. The fourth-order valence-corrected chi connectivity index (χ4v) is 1.13. The Labute approximate surface area is 89.6 Å². The Balaban J connectivity index is 2.55. The highest BCUT2D eigenvalue weighted by atomic mass is 16.2. The first-order valence-electron chi connectivity index (χ1n) is 4.83. The maximum absolute atomic E-state index is 11.4. The van der Waals surface area contributed by atoms with Crippen LogP contribution in [0.15, 0.2) is 29.6 Å². The van der Waals surface area contributed by atoms with Crippen molar-refractivity contribution >= 4 is 11.6 Å². The van der Waals surface area contributed by atoms with Gasteiger partial charge in [0.05, 0.1) is 0 Å². The minimum absolute atomic E-state index is 0.119. The van der Waals surface area contributed by atoms with Crippen molar-refractivity contribution < 1.29 is 9.36 Å². The van der Waals surface area contributed by atoms with E-state index in [9.17, 15) is 4.79 Å². The molecule has 0 aliphatic rings. The normalized spacial score (nSPS) is 9.53. The first-order valence-corrected chi connectivity index (χ1v) is 4.83.